The molecule has 1 fully saturated rings. The molecule has 1 aromatic carbocycles. The number of benzene rings is 1. The number of hydrogen-bond acceptors (Lipinski definition) is 3. The Hall–Kier alpha value is -1.39. The highest BCUT2D eigenvalue weighted by Gasteiger charge is 2.24. The normalized spacial score (nSPS) is 20.8. The molecular weight excluding hydrogens is 206 g/mol. The lowest BCUT2D eigenvalue weighted by Gasteiger charge is -2.32. The molecule has 1 aliphatic rings. The number of aliphatic hydroxyl groups excluding tert-OH is 1. The van der Waals surface area contributed by atoms with E-state index in [1.807, 2.05) is 18.2 Å². The molecule has 1 heterocycles. The van der Waals surface area contributed by atoms with Crippen LogP contribution in [0.3, 0.4) is 0 Å². The number of hydrogen-bond donors (Lipinski definition) is 1. The predicted octanol–water partition coefficient (Wildman–Crippen LogP) is 0.520. The molecule has 1 atom stereocenters. The molecular formula is C12H15NO3. The summed E-state index contributed by atoms with van der Waals surface area (Å²) in [6, 6.07) is 9.17. The zero-order chi connectivity index (χ0) is 11.4. The molecule has 1 aliphatic heterocycles. The van der Waals surface area contributed by atoms with Crippen LogP contribution >= 0.6 is 0 Å². The van der Waals surface area contributed by atoms with Gasteiger partial charge in [-0.05, 0) is 12.1 Å². The summed E-state index contributed by atoms with van der Waals surface area (Å²) in [5, 5.41) is 9.00. The van der Waals surface area contributed by atoms with Crippen LogP contribution in [0.5, 0.6) is 0 Å². The summed E-state index contributed by atoms with van der Waals surface area (Å²) in [7, 11) is 0. The molecule has 1 amide bonds. The van der Waals surface area contributed by atoms with Gasteiger partial charge in [0.15, 0.2) is 0 Å². The second-order valence-corrected chi connectivity index (χ2v) is 3.79. The highest BCUT2D eigenvalue weighted by atomic mass is 16.5. The van der Waals surface area contributed by atoms with Crippen LogP contribution in [0.4, 0.5) is 0 Å². The summed E-state index contributed by atoms with van der Waals surface area (Å²) in [5.41, 5.74) is 0.682. The Morgan fingerprint density at radius 3 is 2.88 bits per heavy atom. The number of aliphatic hydroxyl groups is 1. The standard InChI is InChI=1S/C12H15NO3/c14-9-11-8-13(6-7-16-11)12(15)10-4-2-1-3-5-10/h1-5,11,14H,6-9H2. The first kappa shape index (κ1) is 11.1. The second-order valence-electron chi connectivity index (χ2n) is 3.79. The summed E-state index contributed by atoms with van der Waals surface area (Å²) in [6.45, 7) is 1.50. The SMILES string of the molecule is O=C(c1ccccc1)N1CCOC(CO)C1. The maximum Gasteiger partial charge on any atom is 0.254 e. The number of carbonyl (C=O) groups excluding carboxylic acids is 1. The van der Waals surface area contributed by atoms with Gasteiger partial charge >= 0.3 is 0 Å². The molecule has 0 aromatic heterocycles. The highest BCUT2D eigenvalue weighted by Crippen LogP contribution is 2.10. The van der Waals surface area contributed by atoms with E-state index >= 15 is 0 Å². The average Bonchev–Trinajstić information content (AvgIpc) is 2.39. The van der Waals surface area contributed by atoms with Crippen molar-refractivity contribution in [2.24, 2.45) is 0 Å². The molecule has 0 spiro atoms. The molecule has 16 heavy (non-hydrogen) atoms. The monoisotopic (exact) mass is 221 g/mol. The van der Waals surface area contributed by atoms with Gasteiger partial charge in [0, 0.05) is 18.7 Å². The van der Waals surface area contributed by atoms with Crippen molar-refractivity contribution in [3.63, 3.8) is 0 Å². The summed E-state index contributed by atoms with van der Waals surface area (Å²) in [4.78, 5) is 13.8. The van der Waals surface area contributed by atoms with E-state index in [9.17, 15) is 4.79 Å². The van der Waals surface area contributed by atoms with Crippen LogP contribution < -0.4 is 0 Å². The first-order valence-corrected chi connectivity index (χ1v) is 5.38. The van der Waals surface area contributed by atoms with Crippen LogP contribution in [0, 0.1) is 0 Å². The minimum atomic E-state index is -0.249. The van der Waals surface area contributed by atoms with E-state index in [2.05, 4.69) is 0 Å². The lowest BCUT2D eigenvalue weighted by molar-refractivity contribution is -0.0447. The molecule has 2 rings (SSSR count). The van der Waals surface area contributed by atoms with Crippen LogP contribution in [0.25, 0.3) is 0 Å². The van der Waals surface area contributed by atoms with Crippen molar-refractivity contribution < 1.29 is 14.6 Å². The van der Waals surface area contributed by atoms with Crippen LogP contribution in [-0.4, -0.2) is 48.3 Å². The molecule has 4 nitrogen and oxygen atoms in total. The summed E-state index contributed by atoms with van der Waals surface area (Å²) >= 11 is 0. The third-order valence-electron chi connectivity index (χ3n) is 2.65. The smallest absolute Gasteiger partial charge is 0.254 e. The lowest BCUT2D eigenvalue weighted by atomic mass is 10.2. The molecule has 4 heteroatoms. The van der Waals surface area contributed by atoms with E-state index in [4.69, 9.17) is 9.84 Å². The topological polar surface area (TPSA) is 49.8 Å². The maximum absolute atomic E-state index is 12.0. The van der Waals surface area contributed by atoms with Crippen molar-refractivity contribution in [3.8, 4) is 0 Å². The number of rotatable bonds is 2. The number of morpholine rings is 1. The van der Waals surface area contributed by atoms with Crippen molar-refractivity contribution in [2.45, 2.75) is 6.10 Å². The Balaban J connectivity index is 2.05. The summed E-state index contributed by atoms with van der Waals surface area (Å²) in [6.07, 6.45) is -0.249. The molecule has 0 aliphatic carbocycles. The van der Waals surface area contributed by atoms with Crippen molar-refractivity contribution in [2.75, 3.05) is 26.3 Å². The quantitative estimate of drug-likeness (QED) is 0.792. The fraction of sp³-hybridized carbons (Fsp3) is 0.417. The zero-order valence-corrected chi connectivity index (χ0v) is 9.00. The van der Waals surface area contributed by atoms with Crippen molar-refractivity contribution in [1.29, 1.82) is 0 Å². The number of ether oxygens (including phenoxy) is 1. The van der Waals surface area contributed by atoms with Gasteiger partial charge in [0.25, 0.3) is 5.91 Å². The van der Waals surface area contributed by atoms with Crippen LogP contribution in [0.1, 0.15) is 10.4 Å². The van der Waals surface area contributed by atoms with Gasteiger partial charge in [0.1, 0.15) is 0 Å². The molecule has 1 N–H and O–H groups in total. The molecule has 1 unspecified atom stereocenters. The van der Waals surface area contributed by atoms with E-state index in [0.717, 1.165) is 0 Å². The van der Waals surface area contributed by atoms with Gasteiger partial charge in [-0.25, -0.2) is 0 Å². The second kappa shape index (κ2) is 5.09. The first-order valence-electron chi connectivity index (χ1n) is 5.38. The minimum Gasteiger partial charge on any atom is -0.394 e. The van der Waals surface area contributed by atoms with Crippen LogP contribution in [-0.2, 0) is 4.74 Å². The lowest BCUT2D eigenvalue weighted by Crippen LogP contribution is -2.46. The van der Waals surface area contributed by atoms with Gasteiger partial charge in [-0.1, -0.05) is 18.2 Å². The van der Waals surface area contributed by atoms with Gasteiger partial charge < -0.3 is 14.7 Å². The third-order valence-corrected chi connectivity index (χ3v) is 2.65. The fourth-order valence-corrected chi connectivity index (χ4v) is 1.78. The molecule has 1 saturated heterocycles. The Labute approximate surface area is 94.4 Å². The van der Waals surface area contributed by atoms with E-state index in [1.54, 1.807) is 17.0 Å². The molecule has 1 aromatic rings. The maximum atomic E-state index is 12.0. The minimum absolute atomic E-state index is 0.00218. The van der Waals surface area contributed by atoms with E-state index in [0.29, 0.717) is 25.3 Å². The van der Waals surface area contributed by atoms with Crippen LogP contribution in [0.15, 0.2) is 30.3 Å². The van der Waals surface area contributed by atoms with E-state index in [-0.39, 0.29) is 18.6 Å². The Kier molecular flexibility index (Phi) is 3.54. The van der Waals surface area contributed by atoms with Gasteiger partial charge in [0.2, 0.25) is 0 Å². The summed E-state index contributed by atoms with van der Waals surface area (Å²) in [5.74, 6) is 0.00218. The molecule has 0 saturated carbocycles. The van der Waals surface area contributed by atoms with Crippen molar-refractivity contribution in [3.05, 3.63) is 35.9 Å². The van der Waals surface area contributed by atoms with Gasteiger partial charge in [-0.3, -0.25) is 4.79 Å². The number of nitrogens with zero attached hydrogens (tertiary/aromatic N) is 1. The zero-order valence-electron chi connectivity index (χ0n) is 9.00. The van der Waals surface area contributed by atoms with Gasteiger partial charge in [0.05, 0.1) is 19.3 Å². The third kappa shape index (κ3) is 2.40. The van der Waals surface area contributed by atoms with Gasteiger partial charge in [-0.2, -0.15) is 0 Å². The Bertz CT molecular complexity index is 353. The largest absolute Gasteiger partial charge is 0.394 e. The first-order chi connectivity index (χ1) is 7.81. The van der Waals surface area contributed by atoms with E-state index in [1.165, 1.54) is 0 Å². The Morgan fingerprint density at radius 1 is 1.44 bits per heavy atom. The van der Waals surface area contributed by atoms with Crippen molar-refractivity contribution >= 4 is 5.91 Å². The van der Waals surface area contributed by atoms with Gasteiger partial charge in [-0.15, -0.1) is 0 Å². The van der Waals surface area contributed by atoms with Crippen LogP contribution in [0.2, 0.25) is 0 Å². The average molecular weight is 221 g/mol. The molecule has 0 radical (unpaired) electrons. The summed E-state index contributed by atoms with van der Waals surface area (Å²) < 4.78 is 5.30. The number of amides is 1. The highest BCUT2D eigenvalue weighted by molar-refractivity contribution is 5.94. The van der Waals surface area contributed by atoms with E-state index < -0.39 is 0 Å². The fourth-order valence-electron chi connectivity index (χ4n) is 1.78. The molecule has 0 bridgehead atoms. The molecule has 86 valence electrons. The van der Waals surface area contributed by atoms with Crippen molar-refractivity contribution in [1.82, 2.24) is 4.90 Å². The predicted molar refractivity (Wildman–Crippen MR) is 59.2 cm³/mol. The number of carbonyl (C=O) groups is 1. The Morgan fingerprint density at radius 2 is 2.19 bits per heavy atom.